The maximum Gasteiger partial charge on any atom is 0.310 e. The monoisotopic (exact) mass is 346 g/mol. The lowest BCUT2D eigenvalue weighted by atomic mass is 9.75. The molecule has 0 N–H and O–H groups in total. The average Bonchev–Trinajstić information content (AvgIpc) is 2.89. The minimum Gasteiger partial charge on any atom is -0.462 e. The first-order valence-electron chi connectivity index (χ1n) is 8.37. The van der Waals surface area contributed by atoms with Crippen LogP contribution >= 0.6 is 23.2 Å². The van der Waals surface area contributed by atoms with Crippen molar-refractivity contribution in [2.24, 2.45) is 35.0 Å². The number of carbonyl (C=O) groups is 1. The smallest absolute Gasteiger partial charge is 0.310 e. The van der Waals surface area contributed by atoms with Crippen LogP contribution in [0.15, 0.2) is 10.6 Å². The molecule has 126 valence electrons. The van der Waals surface area contributed by atoms with E-state index >= 15 is 0 Å². The van der Waals surface area contributed by atoms with Crippen molar-refractivity contribution < 1.29 is 9.53 Å². The number of hydrogen-bond donors (Lipinski definition) is 0. The van der Waals surface area contributed by atoms with E-state index < -0.39 is 0 Å². The maximum atomic E-state index is 12.6. The third-order valence-corrected chi connectivity index (χ3v) is 5.95. The van der Waals surface area contributed by atoms with Gasteiger partial charge in [0.1, 0.15) is 10.6 Å². The summed E-state index contributed by atoms with van der Waals surface area (Å²) in [5, 5.41) is 0. The molecule has 2 aliphatic rings. The number of hydrogen-bond acceptors (Lipinski definition) is 2. The molecule has 2 rings (SSSR count). The van der Waals surface area contributed by atoms with Crippen molar-refractivity contribution in [1.29, 1.82) is 0 Å². The second-order valence-electron chi connectivity index (χ2n) is 8.08. The second kappa shape index (κ2) is 6.73. The van der Waals surface area contributed by atoms with Gasteiger partial charge in [-0.1, -0.05) is 64.2 Å². The van der Waals surface area contributed by atoms with Gasteiger partial charge < -0.3 is 4.74 Å². The van der Waals surface area contributed by atoms with Gasteiger partial charge in [0.2, 0.25) is 0 Å². The Kier molecular flexibility index (Phi) is 5.54. The van der Waals surface area contributed by atoms with Crippen LogP contribution in [-0.4, -0.2) is 12.1 Å². The molecule has 0 bridgehead atoms. The molecule has 2 nitrogen and oxygen atoms in total. The number of rotatable bonds is 4. The van der Waals surface area contributed by atoms with Crippen molar-refractivity contribution in [2.45, 2.75) is 60.0 Å². The van der Waals surface area contributed by atoms with E-state index in [0.717, 1.165) is 12.8 Å². The molecular formula is C18H28Cl2O2. The van der Waals surface area contributed by atoms with E-state index in [4.69, 9.17) is 27.9 Å². The highest BCUT2D eigenvalue weighted by Gasteiger charge is 2.62. The Morgan fingerprint density at radius 1 is 1.27 bits per heavy atom. The van der Waals surface area contributed by atoms with E-state index in [0.29, 0.717) is 17.8 Å². The Bertz CT molecular complexity index is 452. The van der Waals surface area contributed by atoms with Gasteiger partial charge in [0, 0.05) is 0 Å². The minimum absolute atomic E-state index is 0.0590. The zero-order chi connectivity index (χ0) is 16.7. The molecule has 0 spiro atoms. The molecule has 0 aromatic carbocycles. The summed E-state index contributed by atoms with van der Waals surface area (Å²) in [6, 6.07) is 0. The predicted octanol–water partition coefficient (Wildman–Crippen LogP) is 5.58. The molecule has 0 heterocycles. The van der Waals surface area contributed by atoms with Gasteiger partial charge in [0.05, 0.1) is 5.92 Å². The van der Waals surface area contributed by atoms with Crippen molar-refractivity contribution in [3.63, 3.8) is 0 Å². The summed E-state index contributed by atoms with van der Waals surface area (Å²) >= 11 is 11.5. The predicted molar refractivity (Wildman–Crippen MR) is 91.8 cm³/mol. The molecule has 0 aromatic heterocycles. The fourth-order valence-corrected chi connectivity index (χ4v) is 4.32. The molecule has 0 aliphatic heterocycles. The molecule has 2 saturated carbocycles. The second-order valence-corrected chi connectivity index (χ2v) is 9.09. The van der Waals surface area contributed by atoms with Gasteiger partial charge in [-0.2, -0.15) is 0 Å². The third-order valence-electron chi connectivity index (χ3n) is 5.70. The number of carbonyl (C=O) groups excluding carboxylic acids is 1. The summed E-state index contributed by atoms with van der Waals surface area (Å²) < 4.78 is 6.19. The van der Waals surface area contributed by atoms with Crippen LogP contribution in [0, 0.1) is 35.0 Å². The van der Waals surface area contributed by atoms with Gasteiger partial charge >= 0.3 is 5.97 Å². The standard InChI is InChI=1S/C18H28Cl2O2/c1-10(2)12-7-6-11(3)8-14(12)22-17(21)16-13(9-15(19)20)18(16,4)5/h9-14,16H,6-8H2,1-5H3. The summed E-state index contributed by atoms with van der Waals surface area (Å²) in [7, 11) is 0. The number of halogens is 2. The van der Waals surface area contributed by atoms with E-state index in [1.807, 2.05) is 0 Å². The quantitative estimate of drug-likeness (QED) is 0.621. The molecule has 5 unspecified atom stereocenters. The molecule has 0 saturated heterocycles. The van der Waals surface area contributed by atoms with E-state index in [2.05, 4.69) is 34.6 Å². The lowest BCUT2D eigenvalue weighted by molar-refractivity contribution is -0.158. The van der Waals surface area contributed by atoms with Crippen molar-refractivity contribution >= 4 is 29.2 Å². The third kappa shape index (κ3) is 3.82. The average molecular weight is 347 g/mol. The number of allylic oxidation sites excluding steroid dienone is 1. The number of esters is 1. The van der Waals surface area contributed by atoms with Crippen LogP contribution in [0.1, 0.15) is 53.9 Å². The molecule has 5 atom stereocenters. The molecule has 0 aromatic rings. The molecule has 22 heavy (non-hydrogen) atoms. The Hall–Kier alpha value is -0.210. The number of ether oxygens (including phenoxy) is 1. The van der Waals surface area contributed by atoms with Gasteiger partial charge in [-0.05, 0) is 48.0 Å². The molecule has 0 amide bonds. The molecule has 4 heteroatoms. The van der Waals surface area contributed by atoms with E-state index in [1.165, 1.54) is 6.42 Å². The fourth-order valence-electron chi connectivity index (χ4n) is 4.05. The van der Waals surface area contributed by atoms with Gasteiger partial charge in [0.25, 0.3) is 0 Å². The van der Waals surface area contributed by atoms with Crippen molar-refractivity contribution in [3.05, 3.63) is 10.6 Å². The molecular weight excluding hydrogens is 319 g/mol. The van der Waals surface area contributed by atoms with Crippen LogP contribution in [0.5, 0.6) is 0 Å². The normalized spacial score (nSPS) is 36.8. The summed E-state index contributed by atoms with van der Waals surface area (Å²) in [6.45, 7) is 10.8. The minimum atomic E-state index is -0.120. The Balaban J connectivity index is 2.03. The highest BCUT2D eigenvalue weighted by Crippen LogP contribution is 2.60. The first-order chi connectivity index (χ1) is 10.1. The molecule has 0 radical (unpaired) electrons. The van der Waals surface area contributed by atoms with Crippen molar-refractivity contribution in [2.75, 3.05) is 0 Å². The topological polar surface area (TPSA) is 26.3 Å². The summed E-state index contributed by atoms with van der Waals surface area (Å²) in [5.41, 5.74) is -0.111. The van der Waals surface area contributed by atoms with E-state index in [1.54, 1.807) is 6.08 Å². The summed E-state index contributed by atoms with van der Waals surface area (Å²) in [4.78, 5) is 12.6. The molecule has 2 fully saturated rings. The van der Waals surface area contributed by atoms with Crippen molar-refractivity contribution in [1.82, 2.24) is 0 Å². The van der Waals surface area contributed by atoms with E-state index in [-0.39, 0.29) is 33.8 Å². The SMILES string of the molecule is CC1CCC(C(C)C)C(OC(=O)C2C(C=C(Cl)Cl)C2(C)C)C1. The lowest BCUT2D eigenvalue weighted by Crippen LogP contribution is -2.36. The maximum absolute atomic E-state index is 12.6. The zero-order valence-electron chi connectivity index (χ0n) is 14.2. The van der Waals surface area contributed by atoms with Gasteiger partial charge in [-0.25, -0.2) is 0 Å². The van der Waals surface area contributed by atoms with Crippen molar-refractivity contribution in [3.8, 4) is 0 Å². The van der Waals surface area contributed by atoms with Crippen LogP contribution in [-0.2, 0) is 9.53 Å². The van der Waals surface area contributed by atoms with Crippen LogP contribution in [0.2, 0.25) is 0 Å². The Labute approximate surface area is 144 Å². The van der Waals surface area contributed by atoms with E-state index in [9.17, 15) is 4.79 Å². The van der Waals surface area contributed by atoms with Crippen LogP contribution in [0.4, 0.5) is 0 Å². The zero-order valence-corrected chi connectivity index (χ0v) is 15.7. The molecule has 2 aliphatic carbocycles. The first kappa shape index (κ1) is 18.1. The largest absolute Gasteiger partial charge is 0.462 e. The summed E-state index contributed by atoms with van der Waals surface area (Å²) in [5.74, 6) is 1.55. The summed E-state index contributed by atoms with van der Waals surface area (Å²) in [6.07, 6.45) is 5.21. The Morgan fingerprint density at radius 3 is 2.45 bits per heavy atom. The van der Waals surface area contributed by atoms with Crippen LogP contribution in [0.3, 0.4) is 0 Å². The van der Waals surface area contributed by atoms with Crippen LogP contribution in [0.25, 0.3) is 0 Å². The highest BCUT2D eigenvalue weighted by molar-refractivity contribution is 6.55. The van der Waals surface area contributed by atoms with Gasteiger partial charge in [-0.3, -0.25) is 4.79 Å². The van der Waals surface area contributed by atoms with Crippen LogP contribution < -0.4 is 0 Å². The lowest BCUT2D eigenvalue weighted by Gasteiger charge is -2.36. The first-order valence-corrected chi connectivity index (χ1v) is 9.13. The Morgan fingerprint density at radius 2 is 1.91 bits per heavy atom. The highest BCUT2D eigenvalue weighted by atomic mass is 35.5. The fraction of sp³-hybridized carbons (Fsp3) is 0.833. The van der Waals surface area contributed by atoms with Gasteiger partial charge in [0.15, 0.2) is 0 Å². The van der Waals surface area contributed by atoms with Gasteiger partial charge in [-0.15, -0.1) is 0 Å².